The number of anilines is 2. The molecule has 2 rings (SSSR count). The standard InChI is InChI=1S/C13H10ClFN2O2/c1-17(9-4-2-8(15)3-5-9)12-6-10(13(18)19)11(14)7-16-12/h2-7H,1H3,(H,18,19). The molecule has 0 spiro atoms. The molecule has 6 heteroatoms. The number of rotatable bonds is 3. The number of aromatic nitrogens is 1. The van der Waals surface area contributed by atoms with Gasteiger partial charge >= 0.3 is 5.97 Å². The Kier molecular flexibility index (Phi) is 3.66. The van der Waals surface area contributed by atoms with Crippen molar-refractivity contribution in [2.24, 2.45) is 0 Å². The molecule has 0 unspecified atom stereocenters. The molecule has 98 valence electrons. The third-order valence-corrected chi connectivity index (χ3v) is 2.93. The molecule has 1 N–H and O–H groups in total. The van der Waals surface area contributed by atoms with E-state index in [0.717, 1.165) is 0 Å². The second kappa shape index (κ2) is 5.24. The lowest BCUT2D eigenvalue weighted by Gasteiger charge is -2.18. The topological polar surface area (TPSA) is 53.4 Å². The molecule has 0 amide bonds. The van der Waals surface area contributed by atoms with Crippen LogP contribution in [0.25, 0.3) is 0 Å². The first-order valence-corrected chi connectivity index (χ1v) is 5.75. The van der Waals surface area contributed by atoms with Gasteiger partial charge in [0.15, 0.2) is 0 Å². The van der Waals surface area contributed by atoms with Crippen LogP contribution in [0.5, 0.6) is 0 Å². The van der Waals surface area contributed by atoms with Gasteiger partial charge in [0.2, 0.25) is 0 Å². The van der Waals surface area contributed by atoms with Crippen LogP contribution in [0.15, 0.2) is 36.5 Å². The zero-order chi connectivity index (χ0) is 14.0. The largest absolute Gasteiger partial charge is 0.478 e. The molecule has 0 aliphatic rings. The Bertz CT molecular complexity index is 617. The number of benzene rings is 1. The number of halogens is 2. The van der Waals surface area contributed by atoms with Crippen LogP contribution in [0.4, 0.5) is 15.9 Å². The number of hydrogen-bond acceptors (Lipinski definition) is 3. The summed E-state index contributed by atoms with van der Waals surface area (Å²) in [5.74, 6) is -1.05. The summed E-state index contributed by atoms with van der Waals surface area (Å²) in [6.07, 6.45) is 1.28. The number of carbonyl (C=O) groups is 1. The Labute approximate surface area is 114 Å². The van der Waals surface area contributed by atoms with Crippen LogP contribution in [0, 0.1) is 5.82 Å². The van der Waals surface area contributed by atoms with Crippen LogP contribution in [0.2, 0.25) is 5.02 Å². The molecular formula is C13H10ClFN2O2. The summed E-state index contributed by atoms with van der Waals surface area (Å²) in [6.45, 7) is 0. The van der Waals surface area contributed by atoms with Gasteiger partial charge in [0, 0.05) is 18.9 Å². The highest BCUT2D eigenvalue weighted by atomic mass is 35.5. The summed E-state index contributed by atoms with van der Waals surface area (Å²) in [5.41, 5.74) is 0.660. The Morgan fingerprint density at radius 3 is 2.58 bits per heavy atom. The summed E-state index contributed by atoms with van der Waals surface area (Å²) < 4.78 is 12.8. The van der Waals surface area contributed by atoms with Gasteiger partial charge in [-0.3, -0.25) is 0 Å². The molecule has 0 saturated heterocycles. The van der Waals surface area contributed by atoms with Crippen molar-refractivity contribution in [3.63, 3.8) is 0 Å². The van der Waals surface area contributed by atoms with Crippen molar-refractivity contribution in [1.29, 1.82) is 0 Å². The summed E-state index contributed by atoms with van der Waals surface area (Å²) in [4.78, 5) is 16.7. The van der Waals surface area contributed by atoms with Crippen molar-refractivity contribution in [2.45, 2.75) is 0 Å². The van der Waals surface area contributed by atoms with Crippen LogP contribution in [0.3, 0.4) is 0 Å². The van der Waals surface area contributed by atoms with Gasteiger partial charge in [-0.15, -0.1) is 0 Å². The van der Waals surface area contributed by atoms with Crippen molar-refractivity contribution in [3.8, 4) is 0 Å². The lowest BCUT2D eigenvalue weighted by Crippen LogP contribution is -2.12. The van der Waals surface area contributed by atoms with Gasteiger partial charge in [-0.05, 0) is 30.3 Å². The number of nitrogens with zero attached hydrogens (tertiary/aromatic N) is 2. The molecule has 0 atom stereocenters. The van der Waals surface area contributed by atoms with Crippen molar-refractivity contribution in [3.05, 3.63) is 52.9 Å². The number of carboxylic acid groups (broad SMARTS) is 1. The fourth-order valence-corrected chi connectivity index (χ4v) is 1.76. The van der Waals surface area contributed by atoms with Gasteiger partial charge in [-0.2, -0.15) is 0 Å². The maximum atomic E-state index is 12.8. The van der Waals surface area contributed by atoms with Crippen molar-refractivity contribution in [1.82, 2.24) is 4.98 Å². The van der Waals surface area contributed by atoms with Gasteiger partial charge in [0.1, 0.15) is 11.6 Å². The van der Waals surface area contributed by atoms with Crippen LogP contribution in [-0.2, 0) is 0 Å². The molecule has 19 heavy (non-hydrogen) atoms. The summed E-state index contributed by atoms with van der Waals surface area (Å²) >= 11 is 5.75. The van der Waals surface area contributed by atoms with E-state index in [1.165, 1.54) is 24.4 Å². The minimum absolute atomic E-state index is 0.0272. The van der Waals surface area contributed by atoms with Crippen molar-refractivity contribution in [2.75, 3.05) is 11.9 Å². The predicted octanol–water partition coefficient (Wildman–Crippen LogP) is 3.34. The molecule has 1 heterocycles. The molecule has 0 bridgehead atoms. The minimum Gasteiger partial charge on any atom is -0.478 e. The van der Waals surface area contributed by atoms with E-state index in [2.05, 4.69) is 4.98 Å². The van der Waals surface area contributed by atoms with Gasteiger partial charge in [0.05, 0.1) is 10.6 Å². The zero-order valence-electron chi connectivity index (χ0n) is 9.97. The Hall–Kier alpha value is -2.14. The van der Waals surface area contributed by atoms with Gasteiger partial charge < -0.3 is 10.0 Å². The lowest BCUT2D eigenvalue weighted by molar-refractivity contribution is 0.0697. The second-order valence-electron chi connectivity index (χ2n) is 3.86. The maximum absolute atomic E-state index is 12.8. The van der Waals surface area contributed by atoms with E-state index in [0.29, 0.717) is 11.5 Å². The average molecular weight is 281 g/mol. The average Bonchev–Trinajstić information content (AvgIpc) is 2.39. The van der Waals surface area contributed by atoms with Gasteiger partial charge in [0.25, 0.3) is 0 Å². The summed E-state index contributed by atoms with van der Waals surface area (Å²) in [6, 6.07) is 7.16. The first kappa shape index (κ1) is 13.3. The lowest BCUT2D eigenvalue weighted by atomic mass is 10.2. The Morgan fingerprint density at radius 1 is 1.37 bits per heavy atom. The van der Waals surface area contributed by atoms with Gasteiger partial charge in [-0.1, -0.05) is 11.6 Å². The van der Waals surface area contributed by atoms with E-state index < -0.39 is 5.97 Å². The number of carboxylic acids is 1. The quantitative estimate of drug-likeness (QED) is 0.937. The van der Waals surface area contributed by atoms with Crippen molar-refractivity contribution < 1.29 is 14.3 Å². The van der Waals surface area contributed by atoms with Gasteiger partial charge in [-0.25, -0.2) is 14.2 Å². The van der Waals surface area contributed by atoms with E-state index in [9.17, 15) is 9.18 Å². The monoisotopic (exact) mass is 280 g/mol. The van der Waals surface area contributed by atoms with E-state index in [1.807, 2.05) is 0 Å². The maximum Gasteiger partial charge on any atom is 0.337 e. The first-order chi connectivity index (χ1) is 8.99. The molecule has 1 aromatic carbocycles. The van der Waals surface area contributed by atoms with E-state index in [4.69, 9.17) is 16.7 Å². The molecule has 1 aromatic heterocycles. The Balaban J connectivity index is 2.38. The number of pyridine rings is 1. The van der Waals surface area contributed by atoms with Crippen LogP contribution in [-0.4, -0.2) is 23.1 Å². The molecule has 0 saturated carbocycles. The molecule has 0 radical (unpaired) electrons. The van der Waals surface area contributed by atoms with Crippen LogP contribution < -0.4 is 4.90 Å². The van der Waals surface area contributed by atoms with E-state index in [1.54, 1.807) is 24.1 Å². The van der Waals surface area contributed by atoms with Crippen LogP contribution in [0.1, 0.15) is 10.4 Å². The number of aromatic carboxylic acids is 1. The molecule has 2 aromatic rings. The summed E-state index contributed by atoms with van der Waals surface area (Å²) in [7, 11) is 1.70. The Morgan fingerprint density at radius 2 is 2.00 bits per heavy atom. The smallest absolute Gasteiger partial charge is 0.337 e. The van der Waals surface area contributed by atoms with E-state index >= 15 is 0 Å². The third-order valence-electron chi connectivity index (χ3n) is 2.63. The molecule has 0 aliphatic carbocycles. The normalized spacial score (nSPS) is 10.3. The molecule has 0 aliphatic heterocycles. The zero-order valence-corrected chi connectivity index (χ0v) is 10.7. The SMILES string of the molecule is CN(c1ccc(F)cc1)c1cc(C(=O)O)c(Cl)cn1. The summed E-state index contributed by atoms with van der Waals surface area (Å²) in [5, 5.41) is 9.07. The highest BCUT2D eigenvalue weighted by molar-refractivity contribution is 6.33. The minimum atomic E-state index is -1.12. The van der Waals surface area contributed by atoms with Crippen molar-refractivity contribution >= 4 is 29.1 Å². The first-order valence-electron chi connectivity index (χ1n) is 5.37. The van der Waals surface area contributed by atoms with E-state index in [-0.39, 0.29) is 16.4 Å². The molecular weight excluding hydrogens is 271 g/mol. The fourth-order valence-electron chi connectivity index (χ4n) is 1.57. The molecule has 0 fully saturated rings. The fraction of sp³-hybridized carbons (Fsp3) is 0.0769. The second-order valence-corrected chi connectivity index (χ2v) is 4.27. The third kappa shape index (κ3) is 2.82. The molecule has 4 nitrogen and oxygen atoms in total. The highest BCUT2D eigenvalue weighted by Crippen LogP contribution is 2.25. The number of hydrogen-bond donors (Lipinski definition) is 1. The van der Waals surface area contributed by atoms with Crippen LogP contribution >= 0.6 is 11.6 Å². The highest BCUT2D eigenvalue weighted by Gasteiger charge is 2.13. The predicted molar refractivity (Wildman–Crippen MR) is 70.7 cm³/mol.